The first-order valence-electron chi connectivity index (χ1n) is 8.28. The van der Waals surface area contributed by atoms with Crippen molar-refractivity contribution in [2.24, 2.45) is 0 Å². The second-order valence-corrected chi connectivity index (χ2v) is 7.05. The molecule has 0 unspecified atom stereocenters. The fourth-order valence-corrected chi connectivity index (χ4v) is 2.45. The molecular formula is C19H22ClN3O3. The highest BCUT2D eigenvalue weighted by Crippen LogP contribution is 2.23. The largest absolute Gasteiger partial charge is 0.460 e. The average molecular weight is 376 g/mol. The molecule has 2 rings (SSSR count). The van der Waals surface area contributed by atoms with Crippen LogP contribution in [0, 0.1) is 5.41 Å². The van der Waals surface area contributed by atoms with Crippen molar-refractivity contribution in [3.05, 3.63) is 46.9 Å². The number of rotatable bonds is 7. The number of nitrogens with zero attached hydrogens (tertiary/aromatic N) is 2. The highest BCUT2D eigenvalue weighted by molar-refractivity contribution is 6.28. The van der Waals surface area contributed by atoms with Crippen LogP contribution in [0.4, 0.5) is 0 Å². The molecule has 0 fully saturated rings. The maximum atomic E-state index is 11.8. The lowest BCUT2D eigenvalue weighted by Crippen LogP contribution is -2.23. The fraction of sp³-hybridized carbons (Fsp3) is 0.368. The van der Waals surface area contributed by atoms with Crippen LogP contribution in [0.5, 0.6) is 11.6 Å². The van der Waals surface area contributed by atoms with Crippen LogP contribution in [-0.2, 0) is 16.0 Å². The topological polar surface area (TPSA) is 85.2 Å². The zero-order valence-corrected chi connectivity index (χ0v) is 15.8. The summed E-state index contributed by atoms with van der Waals surface area (Å²) in [5.41, 5.74) is 1.23. The molecule has 0 radical (unpaired) electrons. The first-order valence-corrected chi connectivity index (χ1v) is 8.66. The molecule has 0 spiro atoms. The molecule has 0 saturated carbocycles. The van der Waals surface area contributed by atoms with E-state index in [1.54, 1.807) is 18.2 Å². The predicted octanol–water partition coefficient (Wildman–Crippen LogP) is 4.58. The number of carbonyl (C=O) groups excluding carboxylic acids is 1. The van der Waals surface area contributed by atoms with Crippen LogP contribution in [0.3, 0.4) is 0 Å². The minimum atomic E-state index is -0.472. The molecule has 2 aromatic rings. The van der Waals surface area contributed by atoms with Gasteiger partial charge in [-0.25, -0.2) is 4.98 Å². The molecule has 1 aromatic heterocycles. The summed E-state index contributed by atoms with van der Waals surface area (Å²) >= 11 is 5.74. The third-order valence-corrected chi connectivity index (χ3v) is 3.53. The number of aryl methyl sites for hydroxylation is 1. The number of hydrogen-bond donors (Lipinski definition) is 1. The van der Waals surface area contributed by atoms with Gasteiger partial charge in [0.1, 0.15) is 11.4 Å². The van der Waals surface area contributed by atoms with Crippen LogP contribution < -0.4 is 4.74 Å². The van der Waals surface area contributed by atoms with Gasteiger partial charge >= 0.3 is 5.97 Å². The van der Waals surface area contributed by atoms with E-state index in [9.17, 15) is 4.79 Å². The van der Waals surface area contributed by atoms with Crippen molar-refractivity contribution in [2.75, 3.05) is 0 Å². The Kier molecular flexibility index (Phi) is 6.69. The standard InChI is InChI=1S/C19H22ClN3O3/c1-19(2,3)26-17(24)6-4-5-13-7-8-15(11-14(13)12-21)25-16-9-10-22-18(20)23-16/h7-12,21H,4-6H2,1-3H3. The number of carbonyl (C=O) groups is 1. The van der Waals surface area contributed by atoms with Crippen LogP contribution in [0.1, 0.15) is 44.7 Å². The minimum absolute atomic E-state index is 0.105. The van der Waals surface area contributed by atoms with E-state index in [4.69, 9.17) is 26.5 Å². The van der Waals surface area contributed by atoms with Gasteiger partial charge in [-0.2, -0.15) is 4.98 Å². The maximum absolute atomic E-state index is 11.8. The van der Waals surface area contributed by atoms with Gasteiger partial charge in [0.2, 0.25) is 11.2 Å². The molecule has 0 saturated heterocycles. The molecule has 0 aliphatic heterocycles. The second-order valence-electron chi connectivity index (χ2n) is 6.71. The first-order chi connectivity index (χ1) is 12.3. The lowest BCUT2D eigenvalue weighted by molar-refractivity contribution is -0.154. The lowest BCUT2D eigenvalue weighted by atomic mass is 10.0. The van der Waals surface area contributed by atoms with E-state index >= 15 is 0 Å². The molecule has 6 nitrogen and oxygen atoms in total. The van der Waals surface area contributed by atoms with Crippen molar-refractivity contribution in [3.8, 4) is 11.6 Å². The number of ether oxygens (including phenoxy) is 2. The second kappa shape index (κ2) is 8.76. The molecule has 7 heteroatoms. The van der Waals surface area contributed by atoms with E-state index < -0.39 is 5.60 Å². The molecule has 0 aliphatic rings. The Morgan fingerprint density at radius 2 is 2.08 bits per heavy atom. The molecule has 26 heavy (non-hydrogen) atoms. The van der Waals surface area contributed by atoms with Gasteiger partial charge in [0.25, 0.3) is 0 Å². The predicted molar refractivity (Wildman–Crippen MR) is 100 cm³/mol. The molecule has 0 atom stereocenters. The van der Waals surface area contributed by atoms with Gasteiger partial charge in [-0.05, 0) is 68.5 Å². The summed E-state index contributed by atoms with van der Waals surface area (Å²) in [5, 5.41) is 7.72. The summed E-state index contributed by atoms with van der Waals surface area (Å²) in [6.07, 6.45) is 4.43. The summed E-state index contributed by atoms with van der Waals surface area (Å²) in [6, 6.07) is 7.04. The minimum Gasteiger partial charge on any atom is -0.460 e. The quantitative estimate of drug-likeness (QED) is 0.434. The Labute approximate surface area is 158 Å². The summed E-state index contributed by atoms with van der Waals surface area (Å²) in [5.74, 6) is 0.669. The molecule has 1 aromatic carbocycles. The average Bonchev–Trinajstić information content (AvgIpc) is 2.54. The normalized spacial score (nSPS) is 11.1. The van der Waals surface area contributed by atoms with E-state index in [0.717, 1.165) is 11.1 Å². The zero-order valence-electron chi connectivity index (χ0n) is 15.1. The van der Waals surface area contributed by atoms with E-state index in [0.29, 0.717) is 30.9 Å². The maximum Gasteiger partial charge on any atom is 0.306 e. The smallest absolute Gasteiger partial charge is 0.306 e. The number of hydrogen-bond acceptors (Lipinski definition) is 6. The highest BCUT2D eigenvalue weighted by atomic mass is 35.5. The third kappa shape index (κ3) is 6.44. The van der Waals surface area contributed by atoms with E-state index in [2.05, 4.69) is 9.97 Å². The van der Waals surface area contributed by atoms with Crippen LogP contribution in [0.2, 0.25) is 5.28 Å². The van der Waals surface area contributed by atoms with Crippen LogP contribution in [-0.4, -0.2) is 27.8 Å². The van der Waals surface area contributed by atoms with Gasteiger partial charge < -0.3 is 14.9 Å². The number of aromatic nitrogens is 2. The van der Waals surface area contributed by atoms with Gasteiger partial charge in [0.15, 0.2) is 0 Å². The van der Waals surface area contributed by atoms with Gasteiger partial charge in [0.05, 0.1) is 0 Å². The van der Waals surface area contributed by atoms with Gasteiger partial charge in [-0.3, -0.25) is 4.79 Å². The Bertz CT molecular complexity index is 788. The zero-order chi connectivity index (χ0) is 19.2. The van der Waals surface area contributed by atoms with Gasteiger partial charge in [-0.15, -0.1) is 0 Å². The number of nitrogens with one attached hydrogen (secondary N) is 1. The molecule has 1 heterocycles. The number of benzene rings is 1. The lowest BCUT2D eigenvalue weighted by Gasteiger charge is -2.19. The Hall–Kier alpha value is -2.47. The van der Waals surface area contributed by atoms with Gasteiger partial charge in [-0.1, -0.05) is 6.07 Å². The van der Waals surface area contributed by atoms with Crippen LogP contribution >= 0.6 is 11.6 Å². The Morgan fingerprint density at radius 3 is 2.73 bits per heavy atom. The summed E-state index contributed by atoms with van der Waals surface area (Å²) in [6.45, 7) is 5.55. The van der Waals surface area contributed by atoms with Gasteiger partial charge in [0, 0.05) is 24.9 Å². The number of halogens is 1. The summed E-state index contributed by atoms with van der Waals surface area (Å²) < 4.78 is 10.9. The van der Waals surface area contributed by atoms with Crippen molar-refractivity contribution >= 4 is 23.8 Å². The van der Waals surface area contributed by atoms with E-state index in [-0.39, 0.29) is 11.3 Å². The Balaban J connectivity index is 1.98. The third-order valence-electron chi connectivity index (χ3n) is 3.34. The van der Waals surface area contributed by atoms with Crippen LogP contribution in [0.25, 0.3) is 0 Å². The van der Waals surface area contributed by atoms with E-state index in [1.165, 1.54) is 12.4 Å². The van der Waals surface area contributed by atoms with Crippen molar-refractivity contribution in [1.82, 2.24) is 9.97 Å². The summed E-state index contributed by atoms with van der Waals surface area (Å²) in [7, 11) is 0. The van der Waals surface area contributed by atoms with Crippen molar-refractivity contribution in [2.45, 2.75) is 45.6 Å². The SMILES string of the molecule is CC(C)(C)OC(=O)CCCc1ccc(Oc2ccnc(Cl)n2)cc1C=N. The molecule has 0 bridgehead atoms. The first kappa shape index (κ1) is 19.8. The Morgan fingerprint density at radius 1 is 1.31 bits per heavy atom. The van der Waals surface area contributed by atoms with E-state index in [1.807, 2.05) is 26.8 Å². The van der Waals surface area contributed by atoms with Crippen molar-refractivity contribution in [3.63, 3.8) is 0 Å². The van der Waals surface area contributed by atoms with Crippen molar-refractivity contribution < 1.29 is 14.3 Å². The molecule has 0 amide bonds. The molecule has 1 N–H and O–H groups in total. The molecular weight excluding hydrogens is 354 g/mol. The van der Waals surface area contributed by atoms with Crippen molar-refractivity contribution in [1.29, 1.82) is 5.41 Å². The molecule has 0 aliphatic carbocycles. The number of esters is 1. The highest BCUT2D eigenvalue weighted by Gasteiger charge is 2.16. The monoisotopic (exact) mass is 375 g/mol. The van der Waals surface area contributed by atoms with Crippen LogP contribution in [0.15, 0.2) is 30.5 Å². The summed E-state index contributed by atoms with van der Waals surface area (Å²) in [4.78, 5) is 19.5. The fourth-order valence-electron chi connectivity index (χ4n) is 2.31. The molecule has 138 valence electrons.